The topological polar surface area (TPSA) is 94.2 Å². The van der Waals surface area contributed by atoms with E-state index in [-0.39, 0.29) is 5.91 Å². The third kappa shape index (κ3) is 6.24. The molecule has 1 aliphatic rings. The molecule has 0 atom stereocenters. The van der Waals surface area contributed by atoms with E-state index in [1.54, 1.807) is 50.5 Å². The van der Waals surface area contributed by atoms with Gasteiger partial charge in [-0.15, -0.1) is 0 Å². The molecule has 9 heteroatoms. The van der Waals surface area contributed by atoms with Crippen LogP contribution in [0.15, 0.2) is 42.5 Å². The lowest BCUT2D eigenvalue weighted by molar-refractivity contribution is -0.142. The molecule has 0 unspecified atom stereocenters. The Bertz CT molecular complexity index is 1030. The number of hydrogen-bond acceptors (Lipinski definition) is 6. The molecule has 1 aliphatic heterocycles. The molecule has 32 heavy (non-hydrogen) atoms. The van der Waals surface area contributed by atoms with E-state index < -0.39 is 18.5 Å². The van der Waals surface area contributed by atoms with Crippen molar-refractivity contribution in [2.24, 2.45) is 0 Å². The summed E-state index contributed by atoms with van der Waals surface area (Å²) in [6.45, 7) is 0.584. The van der Waals surface area contributed by atoms with Gasteiger partial charge in [0.1, 0.15) is 0 Å². The van der Waals surface area contributed by atoms with E-state index in [1.807, 2.05) is 0 Å². The van der Waals surface area contributed by atoms with Crippen molar-refractivity contribution in [3.8, 4) is 11.5 Å². The van der Waals surface area contributed by atoms with Crippen LogP contribution in [-0.4, -0.2) is 56.6 Å². The van der Waals surface area contributed by atoms with Crippen molar-refractivity contribution >= 4 is 41.1 Å². The van der Waals surface area contributed by atoms with Crippen LogP contribution < -0.4 is 14.8 Å². The standard InChI is InChI=1S/C23H23ClN2O6/c1-26(2)23(29)16-5-7-17(8-6-16)25-20(27)14-32-21(28)9-4-15-12-18(24)22-19(13-15)30-10-3-11-31-22/h4-9,12-13H,3,10-11,14H2,1-2H3,(H,25,27). The maximum absolute atomic E-state index is 12.0. The SMILES string of the molecule is CN(C)C(=O)c1ccc(NC(=O)COC(=O)C=Cc2cc(Cl)c3c(c2)OCCCO3)cc1. The van der Waals surface area contributed by atoms with Gasteiger partial charge >= 0.3 is 5.97 Å². The summed E-state index contributed by atoms with van der Waals surface area (Å²) in [5.74, 6) is -0.328. The normalized spacial score (nSPS) is 12.7. The molecule has 0 aromatic heterocycles. The molecule has 0 radical (unpaired) electrons. The Morgan fingerprint density at radius 1 is 1.12 bits per heavy atom. The second-order valence-electron chi connectivity index (χ2n) is 7.15. The van der Waals surface area contributed by atoms with Crippen molar-refractivity contribution in [3.05, 3.63) is 58.6 Å². The summed E-state index contributed by atoms with van der Waals surface area (Å²) in [4.78, 5) is 37.3. The number of esters is 1. The van der Waals surface area contributed by atoms with E-state index in [0.29, 0.717) is 46.5 Å². The van der Waals surface area contributed by atoms with Crippen molar-refractivity contribution in [3.63, 3.8) is 0 Å². The van der Waals surface area contributed by atoms with Gasteiger partial charge in [0.2, 0.25) is 0 Å². The molecule has 0 spiro atoms. The second-order valence-corrected chi connectivity index (χ2v) is 7.55. The van der Waals surface area contributed by atoms with Crippen LogP contribution >= 0.6 is 11.6 Å². The summed E-state index contributed by atoms with van der Waals surface area (Å²) in [5.41, 5.74) is 1.62. The van der Waals surface area contributed by atoms with Crippen LogP contribution in [0.25, 0.3) is 6.08 Å². The third-order valence-corrected chi connectivity index (χ3v) is 4.68. The first-order valence-corrected chi connectivity index (χ1v) is 10.3. The van der Waals surface area contributed by atoms with E-state index in [9.17, 15) is 14.4 Å². The van der Waals surface area contributed by atoms with Crippen LogP contribution in [-0.2, 0) is 14.3 Å². The quantitative estimate of drug-likeness (QED) is 0.526. The molecule has 0 aliphatic carbocycles. The Labute approximate surface area is 190 Å². The zero-order valence-corrected chi connectivity index (χ0v) is 18.5. The molecule has 0 fully saturated rings. The Kier molecular flexibility index (Phi) is 7.72. The molecule has 0 saturated carbocycles. The van der Waals surface area contributed by atoms with Gasteiger partial charge in [-0.25, -0.2) is 4.79 Å². The zero-order valence-electron chi connectivity index (χ0n) is 17.7. The average Bonchev–Trinajstić information content (AvgIpc) is 3.02. The van der Waals surface area contributed by atoms with Gasteiger partial charge in [0.05, 0.1) is 18.2 Å². The number of rotatable bonds is 6. The fourth-order valence-electron chi connectivity index (χ4n) is 2.85. The largest absolute Gasteiger partial charge is 0.489 e. The third-order valence-electron chi connectivity index (χ3n) is 4.40. The van der Waals surface area contributed by atoms with Gasteiger partial charge in [-0.05, 0) is 48.0 Å². The molecule has 168 valence electrons. The minimum Gasteiger partial charge on any atom is -0.489 e. The highest BCUT2D eigenvalue weighted by Crippen LogP contribution is 2.38. The lowest BCUT2D eigenvalue weighted by Gasteiger charge is -2.11. The first-order valence-electron chi connectivity index (χ1n) is 9.89. The first kappa shape index (κ1) is 23.1. The molecule has 8 nitrogen and oxygen atoms in total. The van der Waals surface area contributed by atoms with Gasteiger partial charge in [-0.1, -0.05) is 11.6 Å². The summed E-state index contributed by atoms with van der Waals surface area (Å²) in [5, 5.41) is 2.99. The number of nitrogens with zero attached hydrogens (tertiary/aromatic N) is 1. The molecule has 2 aromatic rings. The maximum Gasteiger partial charge on any atom is 0.331 e. The highest BCUT2D eigenvalue weighted by molar-refractivity contribution is 6.32. The van der Waals surface area contributed by atoms with Gasteiger partial charge in [0.15, 0.2) is 18.1 Å². The van der Waals surface area contributed by atoms with Gasteiger partial charge < -0.3 is 24.4 Å². The molecule has 3 rings (SSSR count). The molecule has 2 amide bonds. The first-order chi connectivity index (χ1) is 15.3. The van der Waals surface area contributed by atoms with Gasteiger partial charge in [-0.3, -0.25) is 9.59 Å². The summed E-state index contributed by atoms with van der Waals surface area (Å²) in [6.07, 6.45) is 3.47. The number of nitrogens with one attached hydrogen (secondary N) is 1. The van der Waals surface area contributed by atoms with Crippen molar-refractivity contribution in [1.29, 1.82) is 0 Å². The molecular formula is C23H23ClN2O6. The fourth-order valence-corrected chi connectivity index (χ4v) is 3.12. The predicted molar refractivity (Wildman–Crippen MR) is 120 cm³/mol. The number of halogens is 1. The van der Waals surface area contributed by atoms with Crippen LogP contribution in [0.4, 0.5) is 5.69 Å². The summed E-state index contributed by atoms with van der Waals surface area (Å²) >= 11 is 6.23. The minimum atomic E-state index is -0.685. The number of benzene rings is 2. The monoisotopic (exact) mass is 458 g/mol. The van der Waals surface area contributed by atoms with E-state index in [0.717, 1.165) is 6.42 Å². The maximum atomic E-state index is 12.0. The van der Waals surface area contributed by atoms with Crippen LogP contribution in [0.2, 0.25) is 5.02 Å². The lowest BCUT2D eigenvalue weighted by Crippen LogP contribution is -2.22. The van der Waals surface area contributed by atoms with Crippen LogP contribution in [0.3, 0.4) is 0 Å². The van der Waals surface area contributed by atoms with Crippen LogP contribution in [0.5, 0.6) is 11.5 Å². The zero-order chi connectivity index (χ0) is 23.1. The Hall–Kier alpha value is -3.52. The summed E-state index contributed by atoms with van der Waals surface area (Å²) in [7, 11) is 3.31. The average molecular weight is 459 g/mol. The number of carbonyl (C=O) groups excluding carboxylic acids is 3. The molecule has 1 heterocycles. The van der Waals surface area contributed by atoms with Gasteiger partial charge in [0, 0.05) is 37.8 Å². The summed E-state index contributed by atoms with van der Waals surface area (Å²) in [6, 6.07) is 9.78. The Morgan fingerprint density at radius 3 is 2.56 bits per heavy atom. The Balaban J connectivity index is 1.51. The molecule has 0 saturated heterocycles. The van der Waals surface area contributed by atoms with Crippen molar-refractivity contribution in [1.82, 2.24) is 4.90 Å². The number of amides is 2. The number of carbonyl (C=O) groups is 3. The number of anilines is 1. The van der Waals surface area contributed by atoms with Crippen molar-refractivity contribution < 1.29 is 28.6 Å². The van der Waals surface area contributed by atoms with E-state index in [4.69, 9.17) is 25.8 Å². The molecule has 0 bridgehead atoms. The number of fused-ring (bicyclic) bond motifs is 1. The Morgan fingerprint density at radius 2 is 1.84 bits per heavy atom. The highest BCUT2D eigenvalue weighted by Gasteiger charge is 2.15. The van der Waals surface area contributed by atoms with Crippen molar-refractivity contribution in [2.45, 2.75) is 6.42 Å². The molecular weight excluding hydrogens is 436 g/mol. The number of hydrogen-bond donors (Lipinski definition) is 1. The lowest BCUT2D eigenvalue weighted by atomic mass is 10.2. The second kappa shape index (κ2) is 10.7. The van der Waals surface area contributed by atoms with E-state index in [2.05, 4.69) is 5.32 Å². The van der Waals surface area contributed by atoms with Gasteiger partial charge in [0.25, 0.3) is 11.8 Å². The predicted octanol–water partition coefficient (Wildman–Crippen LogP) is 3.40. The van der Waals surface area contributed by atoms with Crippen LogP contribution in [0.1, 0.15) is 22.3 Å². The smallest absolute Gasteiger partial charge is 0.331 e. The number of ether oxygens (including phenoxy) is 3. The van der Waals surface area contributed by atoms with E-state index in [1.165, 1.54) is 17.1 Å². The van der Waals surface area contributed by atoms with Crippen LogP contribution in [0, 0.1) is 0 Å². The van der Waals surface area contributed by atoms with E-state index >= 15 is 0 Å². The molecule has 2 aromatic carbocycles. The fraction of sp³-hybridized carbons (Fsp3) is 0.261. The van der Waals surface area contributed by atoms with Gasteiger partial charge in [-0.2, -0.15) is 0 Å². The summed E-state index contributed by atoms with van der Waals surface area (Å²) < 4.78 is 16.1. The van der Waals surface area contributed by atoms with Crippen molar-refractivity contribution in [2.75, 3.05) is 39.2 Å². The molecule has 1 N–H and O–H groups in total. The highest BCUT2D eigenvalue weighted by atomic mass is 35.5. The minimum absolute atomic E-state index is 0.140.